The van der Waals surface area contributed by atoms with Crippen molar-refractivity contribution < 1.29 is 14.4 Å². The highest BCUT2D eigenvalue weighted by molar-refractivity contribution is 5.83. The molecule has 0 aliphatic heterocycles. The number of nitro benzene ring substituents is 1. The van der Waals surface area contributed by atoms with E-state index in [1.165, 1.54) is 26.5 Å². The topological polar surface area (TPSA) is 140 Å². The Balaban J connectivity index is 2.29. The number of aromatic amines is 1. The third kappa shape index (κ3) is 3.20. The fraction of sp³-hybridized carbons (Fsp3) is 0.200. The highest BCUT2D eigenvalue weighted by Crippen LogP contribution is 2.37. The Bertz CT molecular complexity index is 656. The van der Waals surface area contributed by atoms with Gasteiger partial charge in [0.2, 0.25) is 5.75 Å². The summed E-state index contributed by atoms with van der Waals surface area (Å²) in [4.78, 5) is 10.5. The summed E-state index contributed by atoms with van der Waals surface area (Å²) >= 11 is 0. The molecule has 0 radical (unpaired) electrons. The van der Waals surface area contributed by atoms with E-state index in [0.717, 1.165) is 0 Å². The van der Waals surface area contributed by atoms with Crippen LogP contribution in [0.4, 0.5) is 11.6 Å². The number of aromatic nitrogens is 4. The van der Waals surface area contributed by atoms with Gasteiger partial charge in [-0.05, 0) is 11.3 Å². The zero-order valence-corrected chi connectivity index (χ0v) is 11.1. The second-order valence-electron chi connectivity index (χ2n) is 3.64. The minimum atomic E-state index is -0.564. The quantitative estimate of drug-likeness (QED) is 0.447. The van der Waals surface area contributed by atoms with Crippen LogP contribution < -0.4 is 14.9 Å². The molecule has 0 aliphatic rings. The molecule has 2 N–H and O–H groups in total. The van der Waals surface area contributed by atoms with Gasteiger partial charge in [0.15, 0.2) is 5.75 Å². The summed E-state index contributed by atoms with van der Waals surface area (Å²) in [5.41, 5.74) is 2.72. The normalized spacial score (nSPS) is 10.6. The van der Waals surface area contributed by atoms with Gasteiger partial charge in [-0.3, -0.25) is 10.1 Å². The van der Waals surface area contributed by atoms with Crippen molar-refractivity contribution in [3.63, 3.8) is 0 Å². The number of benzene rings is 1. The van der Waals surface area contributed by atoms with Crippen LogP contribution in [0.1, 0.15) is 5.56 Å². The van der Waals surface area contributed by atoms with Crippen LogP contribution >= 0.6 is 0 Å². The molecule has 0 atom stereocenters. The molecule has 11 heteroatoms. The summed E-state index contributed by atoms with van der Waals surface area (Å²) in [5, 5.41) is 27.7. The van der Waals surface area contributed by atoms with E-state index >= 15 is 0 Å². The van der Waals surface area contributed by atoms with Gasteiger partial charge in [-0.25, -0.2) is 5.43 Å². The van der Waals surface area contributed by atoms with Crippen molar-refractivity contribution >= 4 is 17.9 Å². The molecule has 1 aromatic heterocycles. The van der Waals surface area contributed by atoms with Crippen molar-refractivity contribution in [3.05, 3.63) is 27.8 Å². The van der Waals surface area contributed by atoms with Crippen molar-refractivity contribution in [2.45, 2.75) is 0 Å². The maximum absolute atomic E-state index is 11.0. The maximum Gasteiger partial charge on any atom is 0.315 e. The van der Waals surface area contributed by atoms with Gasteiger partial charge in [-0.1, -0.05) is 5.10 Å². The Hall–Kier alpha value is -3.24. The Morgan fingerprint density at radius 3 is 2.81 bits per heavy atom. The second-order valence-corrected chi connectivity index (χ2v) is 3.64. The van der Waals surface area contributed by atoms with Gasteiger partial charge >= 0.3 is 5.69 Å². The molecule has 0 saturated carbocycles. The van der Waals surface area contributed by atoms with Crippen molar-refractivity contribution in [2.75, 3.05) is 19.6 Å². The van der Waals surface area contributed by atoms with Crippen molar-refractivity contribution in [1.29, 1.82) is 0 Å². The number of ether oxygens (including phenoxy) is 2. The molecule has 0 aliphatic carbocycles. The minimum absolute atomic E-state index is 0.0470. The molecule has 0 amide bonds. The number of nitrogens with one attached hydrogen (secondary N) is 2. The first kappa shape index (κ1) is 14.2. The molecular formula is C10H11N7O4. The number of nitrogens with zero attached hydrogens (tertiary/aromatic N) is 5. The maximum atomic E-state index is 11.0. The van der Waals surface area contributed by atoms with Crippen LogP contribution in [-0.2, 0) is 0 Å². The van der Waals surface area contributed by atoms with Crippen molar-refractivity contribution in [2.24, 2.45) is 5.10 Å². The lowest BCUT2D eigenvalue weighted by Crippen LogP contribution is -1.99. The van der Waals surface area contributed by atoms with Crippen LogP contribution in [0.2, 0.25) is 0 Å². The summed E-state index contributed by atoms with van der Waals surface area (Å²) < 4.78 is 10.1. The molecule has 110 valence electrons. The fourth-order valence-corrected chi connectivity index (χ4v) is 1.55. The summed E-state index contributed by atoms with van der Waals surface area (Å²) in [6, 6.07) is 2.86. The average molecular weight is 293 g/mol. The Morgan fingerprint density at radius 2 is 2.24 bits per heavy atom. The number of hydrazone groups is 1. The number of H-pyrrole nitrogens is 1. The van der Waals surface area contributed by atoms with Crippen LogP contribution in [0.5, 0.6) is 11.5 Å². The zero-order chi connectivity index (χ0) is 15.2. The molecule has 0 saturated heterocycles. The number of hydrogen-bond acceptors (Lipinski definition) is 9. The second kappa shape index (κ2) is 6.27. The highest BCUT2D eigenvalue weighted by atomic mass is 16.6. The van der Waals surface area contributed by atoms with Gasteiger partial charge in [0.1, 0.15) is 0 Å². The molecule has 1 heterocycles. The van der Waals surface area contributed by atoms with E-state index in [0.29, 0.717) is 5.56 Å². The lowest BCUT2D eigenvalue weighted by atomic mass is 10.2. The van der Waals surface area contributed by atoms with E-state index in [1.807, 2.05) is 0 Å². The number of anilines is 1. The number of hydrogen-bond donors (Lipinski definition) is 2. The zero-order valence-electron chi connectivity index (χ0n) is 11.1. The monoisotopic (exact) mass is 293 g/mol. The lowest BCUT2D eigenvalue weighted by Gasteiger charge is -2.08. The van der Waals surface area contributed by atoms with E-state index in [-0.39, 0.29) is 23.1 Å². The first-order valence-electron chi connectivity index (χ1n) is 5.58. The van der Waals surface area contributed by atoms with Crippen LogP contribution in [0.25, 0.3) is 0 Å². The number of tetrazole rings is 1. The van der Waals surface area contributed by atoms with Gasteiger partial charge in [-0.2, -0.15) is 10.3 Å². The fourth-order valence-electron chi connectivity index (χ4n) is 1.55. The Morgan fingerprint density at radius 1 is 1.43 bits per heavy atom. The summed E-state index contributed by atoms with van der Waals surface area (Å²) in [7, 11) is 2.72. The van der Waals surface area contributed by atoms with Gasteiger partial charge < -0.3 is 9.47 Å². The van der Waals surface area contributed by atoms with Crippen LogP contribution in [0.15, 0.2) is 17.2 Å². The molecule has 1 aromatic carbocycles. The molecule has 0 unspecified atom stereocenters. The van der Waals surface area contributed by atoms with Gasteiger partial charge in [-0.15, -0.1) is 5.10 Å². The molecule has 21 heavy (non-hydrogen) atoms. The van der Waals surface area contributed by atoms with E-state index < -0.39 is 4.92 Å². The Kier molecular flexibility index (Phi) is 4.23. The molecular weight excluding hydrogens is 282 g/mol. The first-order valence-corrected chi connectivity index (χ1v) is 5.58. The molecule has 2 rings (SSSR count). The largest absolute Gasteiger partial charge is 0.493 e. The number of methoxy groups -OCH3 is 2. The van der Waals surface area contributed by atoms with E-state index in [2.05, 4.69) is 31.2 Å². The number of rotatable bonds is 6. The summed E-state index contributed by atoms with van der Waals surface area (Å²) in [6.07, 6.45) is 1.35. The number of nitro groups is 1. The predicted molar refractivity (Wildman–Crippen MR) is 71.6 cm³/mol. The SMILES string of the molecule is COc1cc(/C=N/Nc2nn[nH]n2)cc([N+](=O)[O-])c1OC. The predicted octanol–water partition coefficient (Wildman–Crippen LogP) is 0.571. The van der Waals surface area contributed by atoms with E-state index in [1.54, 1.807) is 6.07 Å². The first-order chi connectivity index (χ1) is 10.2. The molecule has 0 bridgehead atoms. The van der Waals surface area contributed by atoms with Crippen molar-refractivity contribution in [1.82, 2.24) is 20.6 Å². The van der Waals surface area contributed by atoms with Crippen LogP contribution in [0.3, 0.4) is 0 Å². The molecule has 2 aromatic rings. The minimum Gasteiger partial charge on any atom is -0.493 e. The summed E-state index contributed by atoms with van der Waals surface area (Å²) in [5.74, 6) is 0.444. The van der Waals surface area contributed by atoms with Gasteiger partial charge in [0, 0.05) is 11.6 Å². The van der Waals surface area contributed by atoms with Gasteiger partial charge in [0.25, 0.3) is 5.95 Å². The highest BCUT2D eigenvalue weighted by Gasteiger charge is 2.20. The Labute approximate surface area is 118 Å². The van der Waals surface area contributed by atoms with Crippen LogP contribution in [0, 0.1) is 10.1 Å². The third-order valence-electron chi connectivity index (χ3n) is 2.40. The average Bonchev–Trinajstić information content (AvgIpc) is 2.99. The molecule has 0 fully saturated rings. The smallest absolute Gasteiger partial charge is 0.315 e. The lowest BCUT2D eigenvalue weighted by molar-refractivity contribution is -0.385. The van der Waals surface area contributed by atoms with Crippen LogP contribution in [-0.4, -0.2) is 46.0 Å². The van der Waals surface area contributed by atoms with Gasteiger partial charge in [0.05, 0.1) is 25.4 Å². The van der Waals surface area contributed by atoms with E-state index in [4.69, 9.17) is 9.47 Å². The molecule has 11 nitrogen and oxygen atoms in total. The standard InChI is InChI=1S/C10H11N7O4/c1-20-8-4-6(3-7(17(18)19)9(8)21-2)5-11-12-10-13-15-16-14-10/h3-5H,1-2H3,(H2,12,13,14,15,16)/b11-5+. The van der Waals surface area contributed by atoms with E-state index in [9.17, 15) is 10.1 Å². The van der Waals surface area contributed by atoms with Crippen molar-refractivity contribution in [3.8, 4) is 11.5 Å². The third-order valence-corrected chi connectivity index (χ3v) is 2.40. The molecule has 0 spiro atoms. The summed E-state index contributed by atoms with van der Waals surface area (Å²) in [6.45, 7) is 0.